The third kappa shape index (κ3) is 6.24. The van der Waals surface area contributed by atoms with E-state index in [-0.39, 0.29) is 24.0 Å². The van der Waals surface area contributed by atoms with Crippen molar-refractivity contribution in [3.8, 4) is 5.75 Å². The maximum absolute atomic E-state index is 6.12. The van der Waals surface area contributed by atoms with Gasteiger partial charge < -0.3 is 20.1 Å². The second-order valence-electron chi connectivity index (χ2n) is 7.65. The SMILES string of the molecule is CN=C(NCc1ccccc1OC1CCC1)NCC1(CCOC)CCC1.I. The Labute approximate surface area is 180 Å². The first-order chi connectivity index (χ1) is 12.7. The van der Waals surface area contributed by atoms with Crippen LogP contribution in [0.2, 0.25) is 0 Å². The predicted octanol–water partition coefficient (Wildman–Crippen LogP) is 4.11. The van der Waals surface area contributed by atoms with Crippen LogP contribution < -0.4 is 15.4 Å². The fraction of sp³-hybridized carbons (Fsp3) is 0.667. The van der Waals surface area contributed by atoms with E-state index in [1.165, 1.54) is 44.1 Å². The Morgan fingerprint density at radius 3 is 2.56 bits per heavy atom. The number of hydrogen-bond donors (Lipinski definition) is 2. The molecule has 5 nitrogen and oxygen atoms in total. The molecule has 3 rings (SSSR count). The molecule has 1 aromatic rings. The van der Waals surface area contributed by atoms with E-state index in [0.29, 0.717) is 18.1 Å². The predicted molar refractivity (Wildman–Crippen MR) is 121 cm³/mol. The molecule has 2 N–H and O–H groups in total. The number of para-hydroxylation sites is 1. The molecular weight excluding hydrogens is 453 g/mol. The fourth-order valence-electron chi connectivity index (χ4n) is 3.61. The van der Waals surface area contributed by atoms with Gasteiger partial charge in [-0.25, -0.2) is 0 Å². The summed E-state index contributed by atoms with van der Waals surface area (Å²) in [4.78, 5) is 4.39. The second-order valence-corrected chi connectivity index (χ2v) is 7.65. The molecule has 0 bridgehead atoms. The van der Waals surface area contributed by atoms with E-state index < -0.39 is 0 Å². The Balaban J connectivity index is 0.00000261. The average Bonchev–Trinajstić information content (AvgIpc) is 2.60. The number of ether oxygens (including phenoxy) is 2. The van der Waals surface area contributed by atoms with Crippen LogP contribution in [0.1, 0.15) is 50.5 Å². The van der Waals surface area contributed by atoms with Crippen LogP contribution in [0.25, 0.3) is 0 Å². The molecule has 0 heterocycles. The molecule has 2 aliphatic carbocycles. The minimum absolute atomic E-state index is 0. The van der Waals surface area contributed by atoms with Crippen molar-refractivity contribution in [2.24, 2.45) is 10.4 Å². The lowest BCUT2D eigenvalue weighted by Crippen LogP contribution is -2.46. The van der Waals surface area contributed by atoms with E-state index in [2.05, 4.69) is 33.8 Å². The van der Waals surface area contributed by atoms with Crippen LogP contribution in [0.5, 0.6) is 5.75 Å². The van der Waals surface area contributed by atoms with Crippen LogP contribution in [0.4, 0.5) is 0 Å². The van der Waals surface area contributed by atoms with Crippen molar-refractivity contribution in [3.05, 3.63) is 29.8 Å². The lowest BCUT2D eigenvalue weighted by molar-refractivity contribution is 0.0732. The molecule has 0 aromatic heterocycles. The normalized spacial score (nSPS) is 18.7. The van der Waals surface area contributed by atoms with Crippen molar-refractivity contribution in [1.29, 1.82) is 0 Å². The van der Waals surface area contributed by atoms with Crippen LogP contribution in [0, 0.1) is 5.41 Å². The Hall–Kier alpha value is -1.02. The summed E-state index contributed by atoms with van der Waals surface area (Å²) in [5, 5.41) is 6.96. The molecule has 0 spiro atoms. The van der Waals surface area contributed by atoms with Crippen molar-refractivity contribution >= 4 is 29.9 Å². The molecule has 152 valence electrons. The molecule has 0 unspecified atom stereocenters. The quantitative estimate of drug-likeness (QED) is 0.313. The number of hydrogen-bond acceptors (Lipinski definition) is 3. The fourth-order valence-corrected chi connectivity index (χ4v) is 3.61. The zero-order valence-corrected chi connectivity index (χ0v) is 19.0. The summed E-state index contributed by atoms with van der Waals surface area (Å²) in [6, 6.07) is 8.30. The first kappa shape index (κ1) is 22.3. The number of halogens is 1. The van der Waals surface area contributed by atoms with Gasteiger partial charge in [0.25, 0.3) is 0 Å². The van der Waals surface area contributed by atoms with E-state index in [1.807, 2.05) is 13.1 Å². The molecule has 0 radical (unpaired) electrons. The Morgan fingerprint density at radius 1 is 1.19 bits per heavy atom. The largest absolute Gasteiger partial charge is 0.490 e. The Bertz CT molecular complexity index is 601. The molecule has 2 fully saturated rings. The topological polar surface area (TPSA) is 54.9 Å². The number of aliphatic imine (C=N–C) groups is 1. The summed E-state index contributed by atoms with van der Waals surface area (Å²) in [5.74, 6) is 1.85. The zero-order valence-electron chi connectivity index (χ0n) is 16.6. The molecule has 0 aliphatic heterocycles. The minimum Gasteiger partial charge on any atom is -0.490 e. The van der Waals surface area contributed by atoms with Crippen LogP contribution in [0.15, 0.2) is 29.3 Å². The Morgan fingerprint density at radius 2 is 1.96 bits per heavy atom. The van der Waals surface area contributed by atoms with E-state index in [0.717, 1.165) is 31.3 Å². The number of nitrogens with zero attached hydrogens (tertiary/aromatic N) is 1. The molecule has 0 atom stereocenters. The maximum Gasteiger partial charge on any atom is 0.191 e. The van der Waals surface area contributed by atoms with E-state index in [9.17, 15) is 0 Å². The number of rotatable bonds is 9. The van der Waals surface area contributed by atoms with Gasteiger partial charge in [0.1, 0.15) is 5.75 Å². The van der Waals surface area contributed by atoms with Crippen molar-refractivity contribution in [1.82, 2.24) is 10.6 Å². The van der Waals surface area contributed by atoms with Gasteiger partial charge in [-0.1, -0.05) is 24.6 Å². The number of guanidine groups is 1. The lowest BCUT2D eigenvalue weighted by atomic mass is 9.67. The highest BCUT2D eigenvalue weighted by Gasteiger charge is 2.36. The zero-order chi connectivity index (χ0) is 18.2. The summed E-state index contributed by atoms with van der Waals surface area (Å²) in [6.07, 6.45) is 9.02. The van der Waals surface area contributed by atoms with Crippen LogP contribution in [-0.4, -0.2) is 39.4 Å². The second kappa shape index (κ2) is 11.1. The van der Waals surface area contributed by atoms with Crippen molar-refractivity contribution in [2.45, 2.75) is 57.6 Å². The standard InChI is InChI=1S/C21H33N3O2.HI/c1-22-20(24-16-21(11-6-12-21)13-14-25-2)23-15-17-7-3-4-10-19(17)26-18-8-5-9-18;/h3-4,7,10,18H,5-6,8-9,11-16H2,1-2H3,(H2,22,23,24);1H. The average molecular weight is 487 g/mol. The van der Waals surface area contributed by atoms with Crippen LogP contribution in [0.3, 0.4) is 0 Å². The number of benzene rings is 1. The minimum atomic E-state index is 0. The van der Waals surface area contributed by atoms with Crippen molar-refractivity contribution in [2.75, 3.05) is 27.3 Å². The Kier molecular flexibility index (Phi) is 9.15. The maximum atomic E-state index is 6.12. The highest BCUT2D eigenvalue weighted by Crippen LogP contribution is 2.43. The molecule has 0 amide bonds. The van der Waals surface area contributed by atoms with Gasteiger partial charge in [0.05, 0.1) is 6.10 Å². The summed E-state index contributed by atoms with van der Waals surface area (Å²) in [7, 11) is 3.61. The molecular formula is C21H34IN3O2. The number of methoxy groups -OCH3 is 1. The lowest BCUT2D eigenvalue weighted by Gasteiger charge is -2.42. The highest BCUT2D eigenvalue weighted by atomic mass is 127. The van der Waals surface area contributed by atoms with Gasteiger partial charge >= 0.3 is 0 Å². The van der Waals surface area contributed by atoms with Crippen molar-refractivity contribution < 1.29 is 9.47 Å². The first-order valence-corrected chi connectivity index (χ1v) is 9.93. The third-order valence-corrected chi connectivity index (χ3v) is 5.87. The highest BCUT2D eigenvalue weighted by molar-refractivity contribution is 14.0. The smallest absolute Gasteiger partial charge is 0.191 e. The van der Waals surface area contributed by atoms with E-state index in [4.69, 9.17) is 9.47 Å². The van der Waals surface area contributed by atoms with Gasteiger partial charge in [-0.2, -0.15) is 0 Å². The molecule has 2 aliphatic rings. The summed E-state index contributed by atoms with van der Waals surface area (Å²) in [5.41, 5.74) is 1.55. The summed E-state index contributed by atoms with van der Waals surface area (Å²) in [6.45, 7) is 2.50. The molecule has 0 saturated heterocycles. The van der Waals surface area contributed by atoms with Crippen LogP contribution in [-0.2, 0) is 11.3 Å². The molecule has 1 aromatic carbocycles. The van der Waals surface area contributed by atoms with Gasteiger partial charge in [-0.05, 0) is 50.0 Å². The van der Waals surface area contributed by atoms with E-state index >= 15 is 0 Å². The van der Waals surface area contributed by atoms with Crippen LogP contribution >= 0.6 is 24.0 Å². The van der Waals surface area contributed by atoms with E-state index in [1.54, 1.807) is 7.11 Å². The first-order valence-electron chi connectivity index (χ1n) is 9.93. The van der Waals surface area contributed by atoms with Gasteiger partial charge in [0.15, 0.2) is 5.96 Å². The monoisotopic (exact) mass is 487 g/mol. The third-order valence-electron chi connectivity index (χ3n) is 5.87. The van der Waals surface area contributed by atoms with Gasteiger partial charge in [0, 0.05) is 39.4 Å². The van der Waals surface area contributed by atoms with Crippen molar-refractivity contribution in [3.63, 3.8) is 0 Å². The summed E-state index contributed by atoms with van der Waals surface area (Å²) >= 11 is 0. The van der Waals surface area contributed by atoms with Gasteiger partial charge in [-0.15, -0.1) is 24.0 Å². The number of nitrogens with one attached hydrogen (secondary N) is 2. The van der Waals surface area contributed by atoms with Gasteiger partial charge in [0.2, 0.25) is 0 Å². The summed E-state index contributed by atoms with van der Waals surface area (Å²) < 4.78 is 11.4. The molecule has 27 heavy (non-hydrogen) atoms. The molecule has 6 heteroatoms. The van der Waals surface area contributed by atoms with Gasteiger partial charge in [-0.3, -0.25) is 4.99 Å². The molecule has 2 saturated carbocycles.